The first-order valence-electron chi connectivity index (χ1n) is 20.4. The number of aromatic nitrogens is 3. The van der Waals surface area contributed by atoms with Gasteiger partial charge in [-0.15, -0.1) is 0 Å². The zero-order valence-electron chi connectivity index (χ0n) is 32.1. The zero-order chi connectivity index (χ0) is 39.1. The Morgan fingerprint density at radius 1 is 0.450 bits per heavy atom. The lowest BCUT2D eigenvalue weighted by molar-refractivity contribution is 0.669. The van der Waals surface area contributed by atoms with E-state index in [1.807, 2.05) is 24.3 Å². The van der Waals surface area contributed by atoms with Gasteiger partial charge < -0.3 is 13.4 Å². The minimum atomic E-state index is 0.622. The molecule has 1 aliphatic rings. The van der Waals surface area contributed by atoms with Crippen molar-refractivity contribution in [2.75, 3.05) is 0 Å². The van der Waals surface area contributed by atoms with E-state index in [9.17, 15) is 0 Å². The molecule has 5 heteroatoms. The van der Waals surface area contributed by atoms with Crippen molar-refractivity contribution in [2.45, 2.75) is 6.42 Å². The van der Waals surface area contributed by atoms with Gasteiger partial charge in [0.25, 0.3) is 0 Å². The minimum absolute atomic E-state index is 0.622. The molecule has 278 valence electrons. The Balaban J connectivity index is 1.20. The molecule has 13 aromatic rings. The highest BCUT2D eigenvalue weighted by molar-refractivity contribution is 6.20. The zero-order valence-corrected chi connectivity index (χ0v) is 32.1. The molecule has 0 spiro atoms. The second-order valence-corrected chi connectivity index (χ2v) is 16.0. The van der Waals surface area contributed by atoms with Crippen molar-refractivity contribution in [3.8, 4) is 39.6 Å². The second-order valence-electron chi connectivity index (χ2n) is 16.0. The van der Waals surface area contributed by atoms with Gasteiger partial charge in [-0.3, -0.25) is 0 Å². The van der Waals surface area contributed by atoms with Gasteiger partial charge >= 0.3 is 0 Å². The number of benzene rings is 9. The van der Waals surface area contributed by atoms with Crippen LogP contribution in [-0.4, -0.2) is 14.5 Å². The van der Waals surface area contributed by atoms with E-state index >= 15 is 0 Å². The Morgan fingerprint density at radius 2 is 1.15 bits per heavy atom. The summed E-state index contributed by atoms with van der Waals surface area (Å²) in [7, 11) is 0. The van der Waals surface area contributed by atoms with Crippen LogP contribution in [0.1, 0.15) is 11.1 Å². The molecule has 0 atom stereocenters. The van der Waals surface area contributed by atoms with Gasteiger partial charge in [0, 0.05) is 60.8 Å². The van der Waals surface area contributed by atoms with E-state index in [4.69, 9.17) is 18.8 Å². The molecule has 0 saturated heterocycles. The van der Waals surface area contributed by atoms with Crippen molar-refractivity contribution in [1.29, 1.82) is 0 Å². The molecule has 4 aromatic heterocycles. The Kier molecular flexibility index (Phi) is 6.28. The van der Waals surface area contributed by atoms with Gasteiger partial charge in [0.15, 0.2) is 5.82 Å². The first kappa shape index (κ1) is 32.0. The maximum Gasteiger partial charge on any atom is 0.161 e. The van der Waals surface area contributed by atoms with Crippen molar-refractivity contribution in [3.05, 3.63) is 187 Å². The van der Waals surface area contributed by atoms with Crippen molar-refractivity contribution >= 4 is 87.2 Å². The Bertz CT molecular complexity index is 3980. The molecule has 9 aromatic carbocycles. The van der Waals surface area contributed by atoms with Crippen LogP contribution in [0.25, 0.3) is 127 Å². The molecule has 0 unspecified atom stereocenters. The summed E-state index contributed by atoms with van der Waals surface area (Å²) in [5, 5.41) is 11.2. The molecule has 0 N–H and O–H groups in total. The van der Waals surface area contributed by atoms with Crippen LogP contribution in [0, 0.1) is 0 Å². The highest BCUT2D eigenvalue weighted by atomic mass is 16.3. The molecular formula is C55H31N3O2. The first-order chi connectivity index (χ1) is 29.7. The number of hydrogen-bond donors (Lipinski definition) is 0. The minimum Gasteiger partial charge on any atom is -0.456 e. The Hall–Kier alpha value is -8.02. The number of furan rings is 2. The lowest BCUT2D eigenvalue weighted by atomic mass is 9.92. The third-order valence-corrected chi connectivity index (χ3v) is 12.8. The van der Waals surface area contributed by atoms with Gasteiger partial charge in [0.05, 0.1) is 33.7 Å². The standard InChI is InChI=1S/C55H31N3O2/c1-2-12-33(13-3-1)51-43-27-31-21-23-37-42-29-34-14-4-5-15-35(34)30-46(42)58(45(37)28-31)44-26-25-39-38-24-22-32-11-6-7-16-36(32)53(38)60-54(39)50(44)52(43)57-55(56-51)41-18-10-20-48-49(41)40-17-8-9-19-47(40)59-48/h1-26,28-30H,27H2. The predicted octanol–water partition coefficient (Wildman–Crippen LogP) is 14.6. The highest BCUT2D eigenvalue weighted by Gasteiger charge is 2.29. The maximum atomic E-state index is 7.29. The molecular weight excluding hydrogens is 735 g/mol. The summed E-state index contributed by atoms with van der Waals surface area (Å²) in [6.07, 6.45) is 0.622. The maximum absolute atomic E-state index is 7.29. The molecule has 0 radical (unpaired) electrons. The van der Waals surface area contributed by atoms with E-state index < -0.39 is 0 Å². The lowest BCUT2D eigenvalue weighted by Gasteiger charge is -2.19. The Labute approximate surface area is 342 Å². The quantitative estimate of drug-likeness (QED) is 0.176. The molecule has 0 amide bonds. The monoisotopic (exact) mass is 765 g/mol. The number of nitrogens with zero attached hydrogens (tertiary/aromatic N) is 3. The smallest absolute Gasteiger partial charge is 0.161 e. The average Bonchev–Trinajstić information content (AvgIpc) is 3.98. The summed E-state index contributed by atoms with van der Waals surface area (Å²) in [4.78, 5) is 11.3. The van der Waals surface area contributed by atoms with Gasteiger partial charge in [0.1, 0.15) is 22.3 Å². The lowest BCUT2D eigenvalue weighted by Crippen LogP contribution is -2.06. The van der Waals surface area contributed by atoms with E-state index in [0.717, 1.165) is 105 Å². The van der Waals surface area contributed by atoms with Crippen LogP contribution in [-0.2, 0) is 6.42 Å². The van der Waals surface area contributed by atoms with E-state index in [0.29, 0.717) is 12.2 Å². The van der Waals surface area contributed by atoms with Crippen molar-refractivity contribution in [3.63, 3.8) is 0 Å². The second kappa shape index (κ2) is 11.8. The molecule has 2 bridgehead atoms. The summed E-state index contributed by atoms with van der Waals surface area (Å²) in [5.74, 6) is 0.633. The van der Waals surface area contributed by atoms with E-state index in [1.54, 1.807) is 0 Å². The Morgan fingerprint density at radius 3 is 2.05 bits per heavy atom. The van der Waals surface area contributed by atoms with Crippen molar-refractivity contribution in [2.24, 2.45) is 0 Å². The molecule has 0 saturated carbocycles. The largest absolute Gasteiger partial charge is 0.456 e. The molecule has 14 rings (SSSR count). The van der Waals surface area contributed by atoms with E-state index in [1.165, 1.54) is 27.1 Å². The average molecular weight is 766 g/mol. The van der Waals surface area contributed by atoms with Crippen LogP contribution >= 0.6 is 0 Å². The fourth-order valence-corrected chi connectivity index (χ4v) is 10.1. The van der Waals surface area contributed by atoms with Crippen LogP contribution in [0.2, 0.25) is 0 Å². The van der Waals surface area contributed by atoms with Crippen LogP contribution in [0.4, 0.5) is 0 Å². The van der Waals surface area contributed by atoms with Crippen LogP contribution < -0.4 is 0 Å². The fraction of sp³-hybridized carbons (Fsp3) is 0.0182. The first-order valence-corrected chi connectivity index (χ1v) is 20.4. The van der Waals surface area contributed by atoms with Gasteiger partial charge in [-0.1, -0.05) is 127 Å². The van der Waals surface area contributed by atoms with Gasteiger partial charge in [0.2, 0.25) is 0 Å². The van der Waals surface area contributed by atoms with Crippen LogP contribution in [0.3, 0.4) is 0 Å². The van der Waals surface area contributed by atoms with Gasteiger partial charge in [-0.25, -0.2) is 9.97 Å². The highest BCUT2D eigenvalue weighted by Crippen LogP contribution is 2.48. The van der Waals surface area contributed by atoms with E-state index in [-0.39, 0.29) is 0 Å². The summed E-state index contributed by atoms with van der Waals surface area (Å²) in [6, 6.07) is 62.7. The van der Waals surface area contributed by atoms with Gasteiger partial charge in [-0.2, -0.15) is 0 Å². The molecule has 60 heavy (non-hydrogen) atoms. The third kappa shape index (κ3) is 4.35. The number of rotatable bonds is 2. The normalized spacial score (nSPS) is 12.6. The summed E-state index contributed by atoms with van der Waals surface area (Å²) >= 11 is 0. The number of hydrogen-bond acceptors (Lipinski definition) is 4. The van der Waals surface area contributed by atoms with Crippen LogP contribution in [0.5, 0.6) is 0 Å². The fourth-order valence-electron chi connectivity index (χ4n) is 10.1. The van der Waals surface area contributed by atoms with E-state index in [2.05, 4.69) is 156 Å². The SMILES string of the molecule is c1ccc(-c2nc(-c3cccc4oc5ccccc5c34)nc3c2Cc2ccc4c5cc6ccccc6cc5n(c4c2)-c2ccc4c(oc5c6ccccc6ccc45)c2-3)cc1. The van der Waals surface area contributed by atoms with Crippen LogP contribution in [0.15, 0.2) is 185 Å². The number of para-hydroxylation sites is 1. The predicted molar refractivity (Wildman–Crippen MR) is 245 cm³/mol. The molecule has 1 aliphatic heterocycles. The topological polar surface area (TPSA) is 57.0 Å². The molecule has 5 nitrogen and oxygen atoms in total. The third-order valence-electron chi connectivity index (χ3n) is 12.8. The summed E-state index contributed by atoms with van der Waals surface area (Å²) in [5.41, 5.74) is 13.5. The summed E-state index contributed by atoms with van der Waals surface area (Å²) < 4.78 is 16.2. The van der Waals surface area contributed by atoms with Crippen molar-refractivity contribution < 1.29 is 8.83 Å². The summed E-state index contributed by atoms with van der Waals surface area (Å²) in [6.45, 7) is 0. The van der Waals surface area contributed by atoms with Crippen molar-refractivity contribution in [1.82, 2.24) is 14.5 Å². The molecule has 0 aliphatic carbocycles. The van der Waals surface area contributed by atoms with Gasteiger partial charge in [-0.05, 0) is 70.3 Å². The molecule has 5 heterocycles. The molecule has 0 fully saturated rings. The number of fused-ring (bicyclic) bond motifs is 18.